The highest BCUT2D eigenvalue weighted by Gasteiger charge is 2.29. The molecule has 2 aromatic rings. The summed E-state index contributed by atoms with van der Waals surface area (Å²) >= 11 is 6.30. The molecule has 1 unspecified atom stereocenters. The maximum absolute atomic E-state index is 13.0. The smallest absolute Gasteiger partial charge is 0.223 e. The highest BCUT2D eigenvalue weighted by atomic mass is 35.5. The Labute approximate surface area is 157 Å². The Hall–Kier alpha value is -2.24. The molecule has 1 saturated heterocycles. The van der Waals surface area contributed by atoms with Gasteiger partial charge in [-0.3, -0.25) is 9.59 Å². The molecule has 26 heavy (non-hydrogen) atoms. The number of carbonyl (C=O) groups excluding carboxylic acids is 2. The maximum Gasteiger partial charge on any atom is 0.223 e. The first-order chi connectivity index (χ1) is 12.6. The molecule has 2 aromatic carbocycles. The highest BCUT2D eigenvalue weighted by molar-refractivity contribution is 6.31. The van der Waals surface area contributed by atoms with Gasteiger partial charge in [-0.15, -0.1) is 0 Å². The van der Waals surface area contributed by atoms with Gasteiger partial charge in [0, 0.05) is 43.1 Å². The van der Waals surface area contributed by atoms with Crippen molar-refractivity contribution in [2.75, 3.05) is 19.6 Å². The number of rotatable bonds is 5. The van der Waals surface area contributed by atoms with Crippen LogP contribution < -0.4 is 5.32 Å². The van der Waals surface area contributed by atoms with Crippen LogP contribution in [0.3, 0.4) is 0 Å². The predicted octanol–water partition coefficient (Wildman–Crippen LogP) is 3.62. The molecule has 1 heterocycles. The van der Waals surface area contributed by atoms with Gasteiger partial charge in [-0.25, -0.2) is 4.39 Å². The Morgan fingerprint density at radius 1 is 1.12 bits per heavy atom. The second-order valence-corrected chi connectivity index (χ2v) is 6.67. The zero-order valence-corrected chi connectivity index (χ0v) is 15.0. The van der Waals surface area contributed by atoms with E-state index in [9.17, 15) is 14.0 Å². The molecule has 1 N–H and O–H groups in total. The van der Waals surface area contributed by atoms with Gasteiger partial charge in [0.25, 0.3) is 0 Å². The summed E-state index contributed by atoms with van der Waals surface area (Å²) in [6.07, 6.45) is 0.223. The van der Waals surface area contributed by atoms with Crippen LogP contribution in [0.15, 0.2) is 48.5 Å². The van der Waals surface area contributed by atoms with Crippen molar-refractivity contribution in [1.82, 2.24) is 10.2 Å². The molecule has 0 radical (unpaired) electrons. The topological polar surface area (TPSA) is 49.4 Å². The first kappa shape index (κ1) is 18.5. The van der Waals surface area contributed by atoms with Crippen molar-refractivity contribution < 1.29 is 14.0 Å². The maximum atomic E-state index is 13.0. The fourth-order valence-corrected chi connectivity index (χ4v) is 3.43. The van der Waals surface area contributed by atoms with Crippen molar-refractivity contribution in [3.05, 3.63) is 70.5 Å². The lowest BCUT2D eigenvalue weighted by molar-refractivity contribution is -0.134. The van der Waals surface area contributed by atoms with Gasteiger partial charge in [-0.1, -0.05) is 29.8 Å². The van der Waals surface area contributed by atoms with Crippen LogP contribution in [-0.4, -0.2) is 36.2 Å². The lowest BCUT2D eigenvalue weighted by Gasteiger charge is -2.37. The van der Waals surface area contributed by atoms with E-state index in [1.54, 1.807) is 4.90 Å². The molecule has 4 nitrogen and oxygen atoms in total. The van der Waals surface area contributed by atoms with Gasteiger partial charge in [0.15, 0.2) is 5.78 Å². The van der Waals surface area contributed by atoms with Crippen LogP contribution in [0.5, 0.6) is 0 Å². The molecule has 1 amide bonds. The molecule has 136 valence electrons. The van der Waals surface area contributed by atoms with E-state index in [0.717, 1.165) is 5.56 Å². The van der Waals surface area contributed by atoms with E-state index < -0.39 is 0 Å². The number of hydrogen-bond acceptors (Lipinski definition) is 3. The van der Waals surface area contributed by atoms with Crippen molar-refractivity contribution in [2.45, 2.75) is 18.9 Å². The van der Waals surface area contributed by atoms with Crippen molar-refractivity contribution >= 4 is 23.3 Å². The average Bonchev–Trinajstić information content (AvgIpc) is 2.67. The molecule has 0 aliphatic carbocycles. The third-order valence-electron chi connectivity index (χ3n) is 4.56. The number of hydrogen-bond donors (Lipinski definition) is 1. The fraction of sp³-hybridized carbons (Fsp3) is 0.300. The lowest BCUT2D eigenvalue weighted by Crippen LogP contribution is -2.48. The van der Waals surface area contributed by atoms with E-state index in [-0.39, 0.29) is 36.4 Å². The second-order valence-electron chi connectivity index (χ2n) is 6.26. The number of nitrogens with one attached hydrogen (secondary N) is 1. The van der Waals surface area contributed by atoms with Crippen LogP contribution >= 0.6 is 11.6 Å². The third-order valence-corrected chi connectivity index (χ3v) is 4.90. The Bertz CT molecular complexity index is 795. The van der Waals surface area contributed by atoms with Gasteiger partial charge < -0.3 is 10.2 Å². The molecule has 1 fully saturated rings. The first-order valence-corrected chi connectivity index (χ1v) is 8.97. The van der Waals surface area contributed by atoms with Crippen LogP contribution in [0.1, 0.15) is 34.8 Å². The zero-order valence-electron chi connectivity index (χ0n) is 14.3. The molecular formula is C20H20ClFN2O2. The Morgan fingerprint density at radius 2 is 1.85 bits per heavy atom. The number of benzene rings is 2. The minimum absolute atomic E-state index is 0.0770. The standard InChI is InChI=1S/C20H20ClFN2O2/c21-17-4-2-1-3-16(17)18-13-23-11-12-24(18)20(26)10-9-19(25)14-5-7-15(22)8-6-14/h1-8,18,23H,9-13H2. The lowest BCUT2D eigenvalue weighted by atomic mass is 10.0. The summed E-state index contributed by atoms with van der Waals surface area (Å²) < 4.78 is 13.0. The van der Waals surface area contributed by atoms with Gasteiger partial charge in [-0.05, 0) is 35.9 Å². The van der Waals surface area contributed by atoms with E-state index in [4.69, 9.17) is 11.6 Å². The van der Waals surface area contributed by atoms with Crippen molar-refractivity contribution in [1.29, 1.82) is 0 Å². The minimum Gasteiger partial charge on any atom is -0.333 e. The molecule has 0 saturated carbocycles. The van der Waals surface area contributed by atoms with Crippen LogP contribution in [0.2, 0.25) is 5.02 Å². The Kier molecular flexibility index (Phi) is 6.01. The van der Waals surface area contributed by atoms with Crippen LogP contribution in [0, 0.1) is 5.82 Å². The summed E-state index contributed by atoms with van der Waals surface area (Å²) in [6.45, 7) is 1.90. The molecule has 1 atom stereocenters. The molecule has 0 aromatic heterocycles. The number of halogens is 2. The Balaban J connectivity index is 1.66. The van der Waals surface area contributed by atoms with Gasteiger partial charge in [0.05, 0.1) is 6.04 Å². The second kappa shape index (κ2) is 8.43. The van der Waals surface area contributed by atoms with E-state index in [0.29, 0.717) is 30.2 Å². The van der Waals surface area contributed by atoms with E-state index in [1.165, 1.54) is 24.3 Å². The Morgan fingerprint density at radius 3 is 2.58 bits per heavy atom. The van der Waals surface area contributed by atoms with Gasteiger partial charge in [-0.2, -0.15) is 0 Å². The SMILES string of the molecule is O=C(CCC(=O)N1CCNCC1c1ccccc1Cl)c1ccc(F)cc1. The first-order valence-electron chi connectivity index (χ1n) is 8.59. The number of Topliss-reactive ketones (excluding diaryl/α,β-unsaturated/α-hetero) is 1. The largest absolute Gasteiger partial charge is 0.333 e. The molecule has 1 aliphatic heterocycles. The number of carbonyl (C=O) groups is 2. The molecule has 0 spiro atoms. The van der Waals surface area contributed by atoms with Crippen LogP contribution in [-0.2, 0) is 4.79 Å². The third kappa shape index (κ3) is 4.29. The molecule has 3 rings (SSSR count). The summed E-state index contributed by atoms with van der Waals surface area (Å²) in [5.41, 5.74) is 1.32. The van der Waals surface area contributed by atoms with Crippen molar-refractivity contribution in [2.24, 2.45) is 0 Å². The van der Waals surface area contributed by atoms with E-state index in [1.807, 2.05) is 24.3 Å². The summed E-state index contributed by atoms with van der Waals surface area (Å²) in [5, 5.41) is 3.91. The van der Waals surface area contributed by atoms with Gasteiger partial charge in [0.2, 0.25) is 5.91 Å². The summed E-state index contributed by atoms with van der Waals surface area (Å²) in [4.78, 5) is 26.7. The fourth-order valence-electron chi connectivity index (χ4n) is 3.17. The zero-order chi connectivity index (χ0) is 18.5. The summed E-state index contributed by atoms with van der Waals surface area (Å²) in [5.74, 6) is -0.629. The quantitative estimate of drug-likeness (QED) is 0.813. The number of piperazine rings is 1. The predicted molar refractivity (Wildman–Crippen MR) is 98.7 cm³/mol. The van der Waals surface area contributed by atoms with E-state index >= 15 is 0 Å². The van der Waals surface area contributed by atoms with Crippen molar-refractivity contribution in [3.8, 4) is 0 Å². The molecular weight excluding hydrogens is 355 g/mol. The average molecular weight is 375 g/mol. The normalized spacial score (nSPS) is 17.2. The van der Waals surface area contributed by atoms with Gasteiger partial charge in [0.1, 0.15) is 5.82 Å². The monoisotopic (exact) mass is 374 g/mol. The summed E-state index contributed by atoms with van der Waals surface area (Å²) in [7, 11) is 0. The van der Waals surface area contributed by atoms with Crippen molar-refractivity contribution in [3.63, 3.8) is 0 Å². The minimum atomic E-state index is -0.388. The number of ketones is 1. The van der Waals surface area contributed by atoms with Crippen LogP contribution in [0.25, 0.3) is 0 Å². The van der Waals surface area contributed by atoms with Gasteiger partial charge >= 0.3 is 0 Å². The highest BCUT2D eigenvalue weighted by Crippen LogP contribution is 2.29. The molecule has 0 bridgehead atoms. The van der Waals surface area contributed by atoms with Crippen LogP contribution in [0.4, 0.5) is 4.39 Å². The molecule has 1 aliphatic rings. The van der Waals surface area contributed by atoms with E-state index in [2.05, 4.69) is 5.32 Å². The number of nitrogens with zero attached hydrogens (tertiary/aromatic N) is 1. The summed E-state index contributed by atoms with van der Waals surface area (Å²) in [6, 6.07) is 12.7. The number of amides is 1. The molecule has 6 heteroatoms.